The van der Waals surface area contributed by atoms with Crippen LogP contribution in [-0.2, 0) is 6.42 Å². The van der Waals surface area contributed by atoms with Crippen LogP contribution in [0.4, 0.5) is 0 Å². The van der Waals surface area contributed by atoms with E-state index in [4.69, 9.17) is 11.2 Å². The van der Waals surface area contributed by atoms with Gasteiger partial charge in [0.05, 0.1) is 7.11 Å². The highest BCUT2D eigenvalue weighted by molar-refractivity contribution is 5.39. The summed E-state index contributed by atoms with van der Waals surface area (Å²) in [6, 6.07) is 6.31. The minimum absolute atomic E-state index is 0.478. The molecule has 1 aromatic rings. The van der Waals surface area contributed by atoms with Crippen LogP contribution in [0.3, 0.4) is 0 Å². The zero-order valence-corrected chi connectivity index (χ0v) is 9.71. The topological polar surface area (TPSA) is 9.23 Å². The summed E-state index contributed by atoms with van der Waals surface area (Å²) in [4.78, 5) is 0. The second-order valence-corrected chi connectivity index (χ2v) is 3.94. The highest BCUT2D eigenvalue weighted by atomic mass is 16.5. The molecule has 0 aliphatic carbocycles. The summed E-state index contributed by atoms with van der Waals surface area (Å²) >= 11 is 0. The molecule has 0 aromatic heterocycles. The third-order valence-corrected chi connectivity index (χ3v) is 2.47. The molecule has 0 heterocycles. The van der Waals surface area contributed by atoms with E-state index in [0.29, 0.717) is 5.92 Å². The van der Waals surface area contributed by atoms with Gasteiger partial charge in [-0.05, 0) is 29.5 Å². The van der Waals surface area contributed by atoms with E-state index in [2.05, 4.69) is 31.9 Å². The Morgan fingerprint density at radius 3 is 2.67 bits per heavy atom. The lowest BCUT2D eigenvalue weighted by molar-refractivity contribution is 0.407. The smallest absolute Gasteiger partial charge is 0.122 e. The lowest BCUT2D eigenvalue weighted by Gasteiger charge is -2.13. The predicted octanol–water partition coefficient (Wildman–Crippen LogP) is 3.38. The molecule has 0 aliphatic rings. The number of methoxy groups -OCH3 is 1. The number of rotatable bonds is 4. The third kappa shape index (κ3) is 3.02. The number of hydrogen-bond donors (Lipinski definition) is 0. The van der Waals surface area contributed by atoms with Crippen LogP contribution in [0.1, 0.15) is 37.3 Å². The van der Waals surface area contributed by atoms with E-state index in [1.807, 2.05) is 6.07 Å². The molecule has 0 radical (unpaired) electrons. The highest BCUT2D eigenvalue weighted by Crippen LogP contribution is 2.27. The van der Waals surface area contributed by atoms with E-state index >= 15 is 0 Å². The largest absolute Gasteiger partial charge is 0.496 e. The fourth-order valence-corrected chi connectivity index (χ4v) is 1.61. The maximum absolute atomic E-state index is 5.33. The Bertz CT molecular complexity index is 358. The molecule has 0 aliphatic heterocycles. The number of terminal acetylenes is 1. The minimum atomic E-state index is 0.478. The summed E-state index contributed by atoms with van der Waals surface area (Å²) in [6.07, 6.45) is 7.00. The summed E-state index contributed by atoms with van der Waals surface area (Å²) in [5.41, 5.74) is 2.55. The van der Waals surface area contributed by atoms with E-state index in [-0.39, 0.29) is 0 Å². The average Bonchev–Trinajstić information content (AvgIpc) is 2.25. The quantitative estimate of drug-likeness (QED) is 0.680. The Labute approximate surface area is 92.5 Å². The summed E-state index contributed by atoms with van der Waals surface area (Å²) < 4.78 is 5.33. The van der Waals surface area contributed by atoms with Crippen molar-refractivity contribution in [3.05, 3.63) is 29.3 Å². The van der Waals surface area contributed by atoms with Crippen LogP contribution in [0, 0.1) is 12.3 Å². The van der Waals surface area contributed by atoms with E-state index in [9.17, 15) is 0 Å². The summed E-state index contributed by atoms with van der Waals surface area (Å²) in [5, 5.41) is 0. The molecule has 0 saturated carbocycles. The molecule has 80 valence electrons. The van der Waals surface area contributed by atoms with E-state index in [1.165, 1.54) is 11.1 Å². The lowest BCUT2D eigenvalue weighted by Crippen LogP contribution is -1.96. The number of benzene rings is 1. The van der Waals surface area contributed by atoms with Crippen molar-refractivity contribution in [1.29, 1.82) is 0 Å². The van der Waals surface area contributed by atoms with Crippen molar-refractivity contribution in [3.63, 3.8) is 0 Å². The van der Waals surface area contributed by atoms with Crippen LogP contribution in [0.2, 0.25) is 0 Å². The zero-order chi connectivity index (χ0) is 11.3. The van der Waals surface area contributed by atoms with Gasteiger partial charge in [0, 0.05) is 6.42 Å². The van der Waals surface area contributed by atoms with Crippen LogP contribution in [-0.4, -0.2) is 7.11 Å². The number of hydrogen-bond acceptors (Lipinski definition) is 1. The molecule has 0 unspecified atom stereocenters. The van der Waals surface area contributed by atoms with Gasteiger partial charge in [-0.1, -0.05) is 26.0 Å². The van der Waals surface area contributed by atoms with Crippen molar-refractivity contribution >= 4 is 0 Å². The second-order valence-electron chi connectivity index (χ2n) is 3.94. The predicted molar refractivity (Wildman–Crippen MR) is 64.2 cm³/mol. The first-order valence-electron chi connectivity index (χ1n) is 5.29. The lowest BCUT2D eigenvalue weighted by atomic mass is 9.98. The van der Waals surface area contributed by atoms with Crippen molar-refractivity contribution in [2.75, 3.05) is 7.11 Å². The standard InChI is InChI=1S/C14H18O/c1-5-6-7-12-8-9-14(15-4)13(10-12)11(2)3/h1,8-11H,6-7H2,2-4H3. The molecule has 1 rings (SSSR count). The van der Waals surface area contributed by atoms with Gasteiger partial charge in [-0.3, -0.25) is 0 Å². The Morgan fingerprint density at radius 2 is 2.13 bits per heavy atom. The Hall–Kier alpha value is -1.42. The van der Waals surface area contributed by atoms with E-state index in [1.54, 1.807) is 7.11 Å². The molecular formula is C14H18O. The zero-order valence-electron chi connectivity index (χ0n) is 9.71. The molecular weight excluding hydrogens is 184 g/mol. The van der Waals surface area contributed by atoms with Gasteiger partial charge in [-0.2, -0.15) is 0 Å². The summed E-state index contributed by atoms with van der Waals surface area (Å²) in [7, 11) is 1.71. The fraction of sp³-hybridized carbons (Fsp3) is 0.429. The van der Waals surface area contributed by atoms with Crippen molar-refractivity contribution in [2.24, 2.45) is 0 Å². The highest BCUT2D eigenvalue weighted by Gasteiger charge is 2.07. The molecule has 1 heteroatoms. The summed E-state index contributed by atoms with van der Waals surface area (Å²) in [6.45, 7) is 4.34. The molecule has 15 heavy (non-hydrogen) atoms. The van der Waals surface area contributed by atoms with Crippen molar-refractivity contribution in [3.8, 4) is 18.1 Å². The van der Waals surface area contributed by atoms with Crippen LogP contribution < -0.4 is 4.74 Å². The van der Waals surface area contributed by atoms with Crippen LogP contribution in [0.25, 0.3) is 0 Å². The van der Waals surface area contributed by atoms with Crippen LogP contribution in [0.15, 0.2) is 18.2 Å². The molecule has 1 aromatic carbocycles. The Balaban J connectivity index is 2.95. The Kier molecular flexibility index (Phi) is 4.24. The molecule has 0 bridgehead atoms. The van der Waals surface area contributed by atoms with Gasteiger partial charge < -0.3 is 4.74 Å². The van der Waals surface area contributed by atoms with Crippen LogP contribution in [0.5, 0.6) is 5.75 Å². The first-order valence-corrected chi connectivity index (χ1v) is 5.29. The average molecular weight is 202 g/mol. The first-order chi connectivity index (χ1) is 7.19. The molecule has 1 nitrogen and oxygen atoms in total. The SMILES string of the molecule is C#CCCc1ccc(OC)c(C(C)C)c1. The number of ether oxygens (including phenoxy) is 1. The summed E-state index contributed by atoms with van der Waals surface area (Å²) in [5.74, 6) is 4.11. The van der Waals surface area contributed by atoms with Crippen molar-refractivity contribution < 1.29 is 4.74 Å². The van der Waals surface area contributed by atoms with Crippen LogP contribution >= 0.6 is 0 Å². The van der Waals surface area contributed by atoms with E-state index in [0.717, 1.165) is 18.6 Å². The number of aryl methyl sites for hydroxylation is 1. The second kappa shape index (κ2) is 5.46. The van der Waals surface area contributed by atoms with Gasteiger partial charge in [0.25, 0.3) is 0 Å². The molecule has 0 amide bonds. The normalized spacial score (nSPS) is 10.1. The fourth-order valence-electron chi connectivity index (χ4n) is 1.61. The van der Waals surface area contributed by atoms with Gasteiger partial charge in [-0.15, -0.1) is 12.3 Å². The van der Waals surface area contributed by atoms with Gasteiger partial charge in [0.1, 0.15) is 5.75 Å². The molecule has 0 spiro atoms. The molecule has 0 atom stereocenters. The van der Waals surface area contributed by atoms with Crippen molar-refractivity contribution in [2.45, 2.75) is 32.6 Å². The maximum atomic E-state index is 5.33. The first kappa shape index (κ1) is 11.7. The maximum Gasteiger partial charge on any atom is 0.122 e. The minimum Gasteiger partial charge on any atom is -0.496 e. The third-order valence-electron chi connectivity index (χ3n) is 2.47. The molecule has 0 fully saturated rings. The van der Waals surface area contributed by atoms with Gasteiger partial charge in [0.2, 0.25) is 0 Å². The van der Waals surface area contributed by atoms with Gasteiger partial charge in [0.15, 0.2) is 0 Å². The Morgan fingerprint density at radius 1 is 1.40 bits per heavy atom. The molecule has 0 saturated heterocycles. The molecule has 0 N–H and O–H groups in total. The monoisotopic (exact) mass is 202 g/mol. The van der Waals surface area contributed by atoms with Crippen molar-refractivity contribution in [1.82, 2.24) is 0 Å². The van der Waals surface area contributed by atoms with Gasteiger partial charge >= 0.3 is 0 Å². The van der Waals surface area contributed by atoms with E-state index < -0.39 is 0 Å². The van der Waals surface area contributed by atoms with Gasteiger partial charge in [-0.25, -0.2) is 0 Å².